The lowest BCUT2D eigenvalue weighted by atomic mass is 9.82. The van der Waals surface area contributed by atoms with Crippen molar-refractivity contribution in [3.63, 3.8) is 0 Å². The van der Waals surface area contributed by atoms with Gasteiger partial charge < -0.3 is 29.2 Å². The Balaban J connectivity index is 0.00000155. The maximum Gasteiger partial charge on any atom is 0.418 e. The van der Waals surface area contributed by atoms with Gasteiger partial charge in [0, 0.05) is 58.8 Å². The number of ether oxygens (including phenoxy) is 3. The minimum Gasteiger partial charge on any atom is -0.726 e. The van der Waals surface area contributed by atoms with Gasteiger partial charge in [-0.2, -0.15) is 4.57 Å². The number of thiazole rings is 1. The van der Waals surface area contributed by atoms with E-state index in [1.54, 1.807) is 50.5 Å². The summed E-state index contributed by atoms with van der Waals surface area (Å²) in [4.78, 5) is 35.3. The molecule has 61 heavy (non-hydrogen) atoms. The van der Waals surface area contributed by atoms with E-state index in [9.17, 15) is 19.1 Å². The highest BCUT2D eigenvalue weighted by Crippen LogP contribution is 2.41. The molecule has 0 saturated heterocycles. The summed E-state index contributed by atoms with van der Waals surface area (Å²) < 4.78 is 82.3. The van der Waals surface area contributed by atoms with E-state index in [0.717, 1.165) is 23.8 Å². The summed E-state index contributed by atoms with van der Waals surface area (Å²) in [5, 5.41) is 30.0. The monoisotopic (exact) mass is 888 g/mol. The van der Waals surface area contributed by atoms with Crippen LogP contribution in [0.15, 0.2) is 78.8 Å². The number of esters is 1. The largest absolute Gasteiger partial charge is 0.726 e. The third kappa shape index (κ3) is 13.6. The summed E-state index contributed by atoms with van der Waals surface area (Å²) in [6.45, 7) is 8.45. The second kappa shape index (κ2) is 20.2. The fourth-order valence-corrected chi connectivity index (χ4v) is 6.66. The summed E-state index contributed by atoms with van der Waals surface area (Å²) in [5.74, 6) is -2.62. The molecule has 1 amide bonds. The number of amides is 1. The van der Waals surface area contributed by atoms with E-state index in [2.05, 4.69) is 15.4 Å². The number of aliphatic hydroxyl groups is 1. The molecule has 0 spiro atoms. The maximum atomic E-state index is 15.5. The maximum absolute atomic E-state index is 15.5. The Morgan fingerprint density at radius 1 is 1.13 bits per heavy atom. The smallest absolute Gasteiger partial charge is 0.418 e. The first-order valence-corrected chi connectivity index (χ1v) is 20.5. The SMILES string of the molecule is CNCC(=O)OCc1cccnc1N(C)C(=O)OC(C)[n+]1cnn(C[C@](O)(c2cc(F)ccc2F)[C@@H](C)c2nc(-c3ccc(C(=N)OC(C)(C)C)cc3)cs2)c1.O=S(=O)([O-])O. The van der Waals surface area contributed by atoms with E-state index in [4.69, 9.17) is 42.1 Å². The minimum atomic E-state index is -4.92. The quantitative estimate of drug-likeness (QED) is 0.0291. The summed E-state index contributed by atoms with van der Waals surface area (Å²) in [6, 6.07) is 13.4. The fraction of sp³-hybridized carbons (Fsp3) is 0.359. The van der Waals surface area contributed by atoms with Gasteiger partial charge in [0.25, 0.3) is 6.33 Å². The molecule has 2 aromatic carbocycles. The van der Waals surface area contributed by atoms with Crippen molar-refractivity contribution in [3.8, 4) is 11.3 Å². The van der Waals surface area contributed by atoms with Crippen LogP contribution in [0.25, 0.3) is 11.3 Å². The topological polar surface area (TPSA) is 246 Å². The Morgan fingerprint density at radius 2 is 1.80 bits per heavy atom. The Kier molecular flexibility index (Phi) is 15.8. The second-order valence-electron chi connectivity index (χ2n) is 14.5. The number of pyridine rings is 1. The lowest BCUT2D eigenvalue weighted by Gasteiger charge is -2.32. The molecule has 5 rings (SSSR count). The molecule has 0 aliphatic carbocycles. The van der Waals surface area contributed by atoms with E-state index in [1.807, 2.05) is 32.9 Å². The molecule has 328 valence electrons. The summed E-state index contributed by atoms with van der Waals surface area (Å²) in [6.07, 6.45) is 2.65. The highest BCUT2D eigenvalue weighted by atomic mass is 32.3. The number of nitrogens with zero attached hydrogens (tertiary/aromatic N) is 6. The van der Waals surface area contributed by atoms with E-state index in [-0.39, 0.29) is 37.0 Å². The highest BCUT2D eigenvalue weighted by Gasteiger charge is 2.43. The Hall–Kier alpha value is -5.78. The van der Waals surface area contributed by atoms with E-state index in [0.29, 0.717) is 21.8 Å². The van der Waals surface area contributed by atoms with E-state index in [1.165, 1.54) is 51.4 Å². The molecule has 0 radical (unpaired) electrons. The van der Waals surface area contributed by atoms with Gasteiger partial charge in [0.15, 0.2) is 0 Å². The molecular weight excluding hydrogens is 843 g/mol. The average Bonchev–Trinajstić information content (AvgIpc) is 3.87. The van der Waals surface area contributed by atoms with Crippen molar-refractivity contribution >= 4 is 45.5 Å². The highest BCUT2D eigenvalue weighted by molar-refractivity contribution is 7.79. The lowest BCUT2D eigenvalue weighted by Crippen LogP contribution is -2.42. The third-order valence-corrected chi connectivity index (χ3v) is 9.75. The van der Waals surface area contributed by atoms with Crippen molar-refractivity contribution in [2.75, 3.05) is 25.5 Å². The Bertz CT molecular complexity index is 2420. The molecule has 3 aromatic heterocycles. The molecule has 0 saturated carbocycles. The average molecular weight is 889 g/mol. The van der Waals surface area contributed by atoms with Gasteiger partial charge in [-0.15, -0.1) is 16.0 Å². The van der Waals surface area contributed by atoms with Crippen molar-refractivity contribution < 1.29 is 59.8 Å². The number of benzene rings is 2. The number of anilines is 1. The van der Waals surface area contributed by atoms with Gasteiger partial charge in [-0.25, -0.2) is 32.0 Å². The summed E-state index contributed by atoms with van der Waals surface area (Å²) in [5.41, 5.74) is -0.435. The normalized spacial score (nSPS) is 13.5. The number of halogens is 2. The first-order valence-electron chi connectivity index (χ1n) is 18.3. The van der Waals surface area contributed by atoms with Crippen LogP contribution in [0.3, 0.4) is 0 Å². The van der Waals surface area contributed by atoms with Crippen LogP contribution in [-0.2, 0) is 48.2 Å². The van der Waals surface area contributed by atoms with Gasteiger partial charge >= 0.3 is 12.1 Å². The number of carbonyl (C=O) groups excluding carboxylic acids is 2. The first-order chi connectivity index (χ1) is 28.5. The van der Waals surface area contributed by atoms with Gasteiger partial charge in [-0.3, -0.25) is 19.7 Å². The zero-order chi connectivity index (χ0) is 45.3. The van der Waals surface area contributed by atoms with E-state index < -0.39 is 57.4 Å². The van der Waals surface area contributed by atoms with Gasteiger partial charge in [0.1, 0.15) is 41.8 Å². The second-order valence-corrected chi connectivity index (χ2v) is 16.2. The van der Waals surface area contributed by atoms with Crippen LogP contribution in [0.1, 0.15) is 68.5 Å². The number of hydrogen-bond acceptors (Lipinski definition) is 15. The number of likely N-dealkylation sites (N-methyl/N-ethyl adjacent to an activating group) is 1. The van der Waals surface area contributed by atoms with Crippen LogP contribution in [-0.4, -0.2) is 86.6 Å². The molecule has 5 aromatic rings. The molecular formula is C39H46F2N8O10S2. The molecule has 0 aliphatic heterocycles. The van der Waals surface area contributed by atoms with Crippen LogP contribution in [0, 0.1) is 17.0 Å². The first kappa shape index (κ1) is 47.9. The van der Waals surface area contributed by atoms with Crippen LogP contribution in [0.2, 0.25) is 0 Å². The zero-order valence-electron chi connectivity index (χ0n) is 34.2. The molecule has 3 atom stereocenters. The predicted molar refractivity (Wildman–Crippen MR) is 216 cm³/mol. The van der Waals surface area contributed by atoms with Gasteiger partial charge in [-0.05, 0) is 64.2 Å². The molecule has 0 aliphatic rings. The van der Waals surface area contributed by atoms with Crippen LogP contribution in [0.4, 0.5) is 19.4 Å². The van der Waals surface area contributed by atoms with Crippen molar-refractivity contribution in [1.82, 2.24) is 25.1 Å². The van der Waals surface area contributed by atoms with Crippen molar-refractivity contribution in [1.29, 1.82) is 5.41 Å². The Morgan fingerprint density at radius 3 is 2.44 bits per heavy atom. The summed E-state index contributed by atoms with van der Waals surface area (Å²) >= 11 is 1.25. The third-order valence-electron chi connectivity index (χ3n) is 8.72. The standard InChI is InChI=1S/C39H45F2N8O6S.H2O4S/c1-24(36-46-32(20-56-36)26-10-12-27(13-11-26)34(42)55-38(3,4)5)39(52,30-17-29(40)14-15-31(30)41)21-49-23-48(22-45-49)25(2)54-37(51)47(7)35-28(9-8-16-44-35)19-53-33(50)18-43-6;1-5(2,3)4/h8-17,20,22-25,42-43,52H,18-19,21H2,1-7H3;(H2,1,2,3,4)/q+1;/p-1/t24-,25?,39+;/m0./s1. The number of hydrogen-bond donors (Lipinski definition) is 4. The van der Waals surface area contributed by atoms with Gasteiger partial charge in [0.05, 0.1) is 17.2 Å². The zero-order valence-corrected chi connectivity index (χ0v) is 35.8. The van der Waals surface area contributed by atoms with Crippen LogP contribution in [0.5, 0.6) is 0 Å². The van der Waals surface area contributed by atoms with Crippen molar-refractivity contribution in [2.24, 2.45) is 0 Å². The van der Waals surface area contributed by atoms with Crippen LogP contribution >= 0.6 is 11.3 Å². The number of rotatable bonds is 14. The number of nitrogens with one attached hydrogen (secondary N) is 2. The number of carbonyl (C=O) groups is 2. The molecule has 1 unspecified atom stereocenters. The van der Waals surface area contributed by atoms with Gasteiger partial charge in [0.2, 0.25) is 28.9 Å². The molecule has 4 N–H and O–H groups in total. The Labute approximate surface area is 354 Å². The minimum absolute atomic E-state index is 0.0211. The predicted octanol–water partition coefficient (Wildman–Crippen LogP) is 4.86. The van der Waals surface area contributed by atoms with E-state index >= 15 is 4.39 Å². The molecule has 3 heterocycles. The van der Waals surface area contributed by atoms with Crippen molar-refractivity contribution in [2.45, 2.75) is 71.1 Å². The van der Waals surface area contributed by atoms with Crippen LogP contribution < -0.4 is 14.8 Å². The molecule has 22 heteroatoms. The van der Waals surface area contributed by atoms with Gasteiger partial charge in [-0.1, -0.05) is 25.1 Å². The summed E-state index contributed by atoms with van der Waals surface area (Å²) in [7, 11) is -1.83. The molecule has 0 bridgehead atoms. The fourth-order valence-electron chi connectivity index (χ4n) is 5.69. The molecule has 0 fully saturated rings. The lowest BCUT2D eigenvalue weighted by molar-refractivity contribution is -0.753. The molecule has 18 nitrogen and oxygen atoms in total. The number of aromatic nitrogens is 5. The van der Waals surface area contributed by atoms with Crippen molar-refractivity contribution in [3.05, 3.63) is 112 Å².